The van der Waals surface area contributed by atoms with Crippen LogP contribution in [-0.4, -0.2) is 41.2 Å². The van der Waals surface area contributed by atoms with Crippen molar-refractivity contribution in [3.05, 3.63) is 41.7 Å². The quantitative estimate of drug-likeness (QED) is 0.630. The van der Waals surface area contributed by atoms with Crippen LogP contribution in [0.5, 0.6) is 17.4 Å². The van der Waals surface area contributed by atoms with Crippen LogP contribution < -0.4 is 14.2 Å². The Labute approximate surface area is 154 Å². The molecule has 0 amide bonds. The van der Waals surface area contributed by atoms with Crippen molar-refractivity contribution in [1.82, 2.24) is 14.9 Å². The number of benzene rings is 1. The van der Waals surface area contributed by atoms with E-state index < -0.39 is 5.97 Å². The van der Waals surface area contributed by atoms with E-state index in [1.165, 1.54) is 18.0 Å². The first-order valence-corrected chi connectivity index (χ1v) is 8.24. The lowest BCUT2D eigenvalue weighted by Gasteiger charge is -2.18. The Balaban J connectivity index is 1.44. The number of ether oxygens (including phenoxy) is 4. The van der Waals surface area contributed by atoms with Crippen molar-refractivity contribution < 1.29 is 28.3 Å². The summed E-state index contributed by atoms with van der Waals surface area (Å²) in [6.07, 6.45) is 1.53. The van der Waals surface area contributed by atoms with Gasteiger partial charge in [-0.25, -0.2) is 4.79 Å². The normalized spacial score (nSPS) is 12.7. The minimum atomic E-state index is -0.552. The molecule has 1 aliphatic rings. The minimum Gasteiger partial charge on any atom is -0.486 e. The number of methoxy groups -OCH3 is 1. The van der Waals surface area contributed by atoms with Gasteiger partial charge in [0.25, 0.3) is 0 Å². The summed E-state index contributed by atoms with van der Waals surface area (Å²) in [4.78, 5) is 12.2. The molecule has 2 aromatic heterocycles. The van der Waals surface area contributed by atoms with Crippen molar-refractivity contribution in [1.29, 1.82) is 0 Å². The third-order valence-corrected chi connectivity index (χ3v) is 3.94. The predicted octanol–water partition coefficient (Wildman–Crippen LogP) is 2.21. The van der Waals surface area contributed by atoms with Crippen molar-refractivity contribution in [3.8, 4) is 28.7 Å². The van der Waals surface area contributed by atoms with Crippen LogP contribution in [0.1, 0.15) is 16.1 Å². The van der Waals surface area contributed by atoms with E-state index in [4.69, 9.17) is 23.5 Å². The zero-order chi connectivity index (χ0) is 18.8. The highest BCUT2D eigenvalue weighted by Gasteiger charge is 2.19. The number of carbonyl (C=O) groups is 1. The molecule has 0 bridgehead atoms. The fraction of sp³-hybridized carbons (Fsp3) is 0.278. The number of fused-ring (bicyclic) bond motifs is 1. The van der Waals surface area contributed by atoms with E-state index in [1.54, 1.807) is 13.1 Å². The van der Waals surface area contributed by atoms with E-state index in [0.717, 1.165) is 5.56 Å². The number of hydrogen-bond acceptors (Lipinski definition) is 8. The number of carbonyl (C=O) groups excluding carboxylic acids is 1. The van der Waals surface area contributed by atoms with Crippen LogP contribution in [-0.2, 0) is 18.4 Å². The molecule has 0 spiro atoms. The molecular weight excluding hydrogens is 354 g/mol. The second-order valence-corrected chi connectivity index (χ2v) is 5.84. The monoisotopic (exact) mass is 371 g/mol. The van der Waals surface area contributed by atoms with Crippen LogP contribution >= 0.6 is 0 Å². The molecule has 9 nitrogen and oxygen atoms in total. The summed E-state index contributed by atoms with van der Waals surface area (Å²) in [5.41, 5.74) is 1.52. The average Bonchev–Trinajstić information content (AvgIpc) is 3.32. The molecule has 0 N–H and O–H groups in total. The highest BCUT2D eigenvalue weighted by molar-refractivity contribution is 5.91. The first-order valence-electron chi connectivity index (χ1n) is 8.24. The Morgan fingerprint density at radius 1 is 1.22 bits per heavy atom. The number of nitrogens with zero attached hydrogens (tertiary/aromatic N) is 3. The number of rotatable bonds is 5. The third kappa shape index (κ3) is 3.43. The molecule has 0 aliphatic carbocycles. The van der Waals surface area contributed by atoms with Crippen LogP contribution in [0.25, 0.3) is 11.3 Å². The third-order valence-electron chi connectivity index (χ3n) is 3.94. The predicted molar refractivity (Wildman–Crippen MR) is 91.8 cm³/mol. The van der Waals surface area contributed by atoms with E-state index in [2.05, 4.69) is 10.3 Å². The number of aromatic nitrogens is 3. The van der Waals surface area contributed by atoms with Gasteiger partial charge in [0.1, 0.15) is 31.1 Å². The lowest BCUT2D eigenvalue weighted by molar-refractivity contribution is 0.0460. The van der Waals surface area contributed by atoms with E-state index in [9.17, 15) is 4.79 Å². The lowest BCUT2D eigenvalue weighted by atomic mass is 10.1. The molecule has 4 rings (SSSR count). The van der Waals surface area contributed by atoms with Crippen LogP contribution in [0.15, 0.2) is 35.0 Å². The molecular formula is C18H17N3O6. The van der Waals surface area contributed by atoms with Gasteiger partial charge in [-0.2, -0.15) is 0 Å². The summed E-state index contributed by atoms with van der Waals surface area (Å²) in [5.74, 6) is 1.55. The Kier molecular flexibility index (Phi) is 4.41. The topological polar surface area (TPSA) is 97.8 Å². The maximum absolute atomic E-state index is 12.2. The molecule has 140 valence electrons. The SMILES string of the molecule is COc1nn(C)cc1C(=O)OCc1cc(-c2ccc3c(c2)OCCO3)on1. The standard InChI is InChI=1S/C18H17N3O6/c1-21-9-13(17(19-21)23-2)18(22)26-10-12-8-15(27-20-12)11-3-4-14-16(7-11)25-6-5-24-14/h3-4,7-9H,5-6,10H2,1-2H3. The fourth-order valence-electron chi connectivity index (χ4n) is 2.69. The zero-order valence-electron chi connectivity index (χ0n) is 14.8. The molecule has 0 radical (unpaired) electrons. The summed E-state index contributed by atoms with van der Waals surface area (Å²) in [5, 5.41) is 7.96. The maximum atomic E-state index is 12.2. The van der Waals surface area contributed by atoms with Gasteiger partial charge in [-0.3, -0.25) is 4.68 Å². The fourth-order valence-corrected chi connectivity index (χ4v) is 2.69. The van der Waals surface area contributed by atoms with Gasteiger partial charge in [0.2, 0.25) is 5.88 Å². The van der Waals surface area contributed by atoms with E-state index in [1.807, 2.05) is 18.2 Å². The van der Waals surface area contributed by atoms with Crippen molar-refractivity contribution in [2.45, 2.75) is 6.61 Å². The number of aryl methyl sites for hydroxylation is 1. The summed E-state index contributed by atoms with van der Waals surface area (Å²) in [6.45, 7) is 1.00. The van der Waals surface area contributed by atoms with Gasteiger partial charge in [-0.1, -0.05) is 5.16 Å². The molecule has 3 aromatic rings. The lowest BCUT2D eigenvalue weighted by Crippen LogP contribution is -2.15. The molecule has 0 unspecified atom stereocenters. The molecule has 9 heteroatoms. The largest absolute Gasteiger partial charge is 0.486 e. The Bertz CT molecular complexity index is 977. The van der Waals surface area contributed by atoms with Crippen LogP contribution in [0, 0.1) is 0 Å². The Morgan fingerprint density at radius 3 is 2.85 bits per heavy atom. The first kappa shape index (κ1) is 17.0. The molecule has 1 aromatic carbocycles. The van der Waals surface area contributed by atoms with Gasteiger partial charge < -0.3 is 23.5 Å². The summed E-state index contributed by atoms with van der Waals surface area (Å²) >= 11 is 0. The van der Waals surface area contributed by atoms with Crippen molar-refractivity contribution in [2.24, 2.45) is 7.05 Å². The second kappa shape index (κ2) is 7.02. The molecule has 3 heterocycles. The zero-order valence-corrected chi connectivity index (χ0v) is 14.8. The van der Waals surface area contributed by atoms with Crippen molar-refractivity contribution in [3.63, 3.8) is 0 Å². The van der Waals surface area contributed by atoms with Gasteiger partial charge in [0, 0.05) is 24.9 Å². The van der Waals surface area contributed by atoms with Gasteiger partial charge in [0.05, 0.1) is 7.11 Å². The number of esters is 1. The van der Waals surface area contributed by atoms with Gasteiger partial charge in [0.15, 0.2) is 17.3 Å². The van der Waals surface area contributed by atoms with Crippen LogP contribution in [0.4, 0.5) is 0 Å². The molecule has 0 atom stereocenters. The highest BCUT2D eigenvalue weighted by Crippen LogP contribution is 2.34. The average molecular weight is 371 g/mol. The van der Waals surface area contributed by atoms with Gasteiger partial charge >= 0.3 is 5.97 Å². The molecule has 0 saturated carbocycles. The van der Waals surface area contributed by atoms with E-state index in [-0.39, 0.29) is 18.1 Å². The highest BCUT2D eigenvalue weighted by atomic mass is 16.6. The van der Waals surface area contributed by atoms with E-state index >= 15 is 0 Å². The van der Waals surface area contributed by atoms with Crippen LogP contribution in [0.3, 0.4) is 0 Å². The molecule has 0 saturated heterocycles. The second-order valence-electron chi connectivity index (χ2n) is 5.84. The molecule has 1 aliphatic heterocycles. The van der Waals surface area contributed by atoms with Gasteiger partial charge in [-0.05, 0) is 18.2 Å². The number of hydrogen-bond donors (Lipinski definition) is 0. The van der Waals surface area contributed by atoms with Crippen molar-refractivity contribution in [2.75, 3.05) is 20.3 Å². The maximum Gasteiger partial charge on any atom is 0.345 e. The van der Waals surface area contributed by atoms with Crippen LogP contribution in [0.2, 0.25) is 0 Å². The summed E-state index contributed by atoms with van der Waals surface area (Å²) in [6, 6.07) is 7.20. The van der Waals surface area contributed by atoms with Gasteiger partial charge in [-0.15, -0.1) is 5.10 Å². The smallest absolute Gasteiger partial charge is 0.345 e. The molecule has 27 heavy (non-hydrogen) atoms. The Hall–Kier alpha value is -3.49. The van der Waals surface area contributed by atoms with E-state index in [0.29, 0.717) is 36.2 Å². The minimum absolute atomic E-state index is 0.0368. The van der Waals surface area contributed by atoms with Crippen molar-refractivity contribution >= 4 is 5.97 Å². The summed E-state index contributed by atoms with van der Waals surface area (Å²) < 4.78 is 28.2. The summed E-state index contributed by atoms with van der Waals surface area (Å²) in [7, 11) is 3.13. The Morgan fingerprint density at radius 2 is 2.04 bits per heavy atom. The first-order chi connectivity index (χ1) is 13.1. The molecule has 0 fully saturated rings.